The standard InChI is InChI=1S/C19H24N6OS/c1-2-3-10-16-23-24-18(27-16)22-19(26)25-11-6-7-13(12-25)17-20-14-8-4-5-9-15(14)21-17/h4-5,8-9,13H,2-3,6-7,10-12H2,1H3,(H,20,21)(H,22,24,26). The minimum atomic E-state index is -0.103. The van der Waals surface area contributed by atoms with Crippen molar-refractivity contribution < 1.29 is 4.79 Å². The number of para-hydroxylation sites is 2. The van der Waals surface area contributed by atoms with E-state index in [-0.39, 0.29) is 11.9 Å². The summed E-state index contributed by atoms with van der Waals surface area (Å²) in [5.41, 5.74) is 2.02. The van der Waals surface area contributed by atoms with Gasteiger partial charge >= 0.3 is 6.03 Å². The molecule has 0 radical (unpaired) electrons. The number of fused-ring (bicyclic) bond motifs is 1. The van der Waals surface area contributed by atoms with Gasteiger partial charge in [0, 0.05) is 25.4 Å². The normalized spacial score (nSPS) is 17.4. The van der Waals surface area contributed by atoms with E-state index in [0.29, 0.717) is 11.7 Å². The summed E-state index contributed by atoms with van der Waals surface area (Å²) in [7, 11) is 0. The van der Waals surface area contributed by atoms with Crippen LogP contribution in [0.4, 0.5) is 9.93 Å². The number of rotatable bonds is 5. The molecule has 1 aliphatic heterocycles. The van der Waals surface area contributed by atoms with Crippen molar-refractivity contribution in [1.29, 1.82) is 0 Å². The Morgan fingerprint density at radius 1 is 1.37 bits per heavy atom. The van der Waals surface area contributed by atoms with Crippen molar-refractivity contribution >= 4 is 33.5 Å². The number of benzene rings is 1. The Kier molecular flexibility index (Phi) is 5.33. The molecular formula is C19H24N6OS. The highest BCUT2D eigenvalue weighted by molar-refractivity contribution is 7.15. The number of carbonyl (C=O) groups is 1. The smallest absolute Gasteiger partial charge is 0.323 e. The van der Waals surface area contributed by atoms with Crippen LogP contribution < -0.4 is 5.32 Å². The van der Waals surface area contributed by atoms with E-state index in [1.165, 1.54) is 11.3 Å². The Labute approximate surface area is 162 Å². The van der Waals surface area contributed by atoms with Gasteiger partial charge in [0.15, 0.2) is 0 Å². The van der Waals surface area contributed by atoms with E-state index in [4.69, 9.17) is 4.98 Å². The second-order valence-electron chi connectivity index (χ2n) is 6.96. The Morgan fingerprint density at radius 3 is 3.11 bits per heavy atom. The number of nitrogens with zero attached hydrogens (tertiary/aromatic N) is 4. The van der Waals surface area contributed by atoms with Crippen LogP contribution in [0.25, 0.3) is 11.0 Å². The molecular weight excluding hydrogens is 360 g/mol. The lowest BCUT2D eigenvalue weighted by atomic mass is 9.98. The van der Waals surface area contributed by atoms with Crippen molar-refractivity contribution in [3.63, 3.8) is 0 Å². The van der Waals surface area contributed by atoms with Crippen molar-refractivity contribution in [2.45, 2.75) is 44.9 Å². The number of aromatic amines is 1. The molecule has 8 heteroatoms. The van der Waals surface area contributed by atoms with Crippen LogP contribution in [0.15, 0.2) is 24.3 Å². The highest BCUT2D eigenvalue weighted by Crippen LogP contribution is 2.27. The Bertz CT molecular complexity index is 887. The quantitative estimate of drug-likeness (QED) is 0.691. The first-order valence-electron chi connectivity index (χ1n) is 9.56. The fourth-order valence-electron chi connectivity index (χ4n) is 3.45. The Balaban J connectivity index is 1.40. The van der Waals surface area contributed by atoms with Crippen LogP contribution in [0.1, 0.15) is 49.4 Å². The first kappa shape index (κ1) is 17.9. The van der Waals surface area contributed by atoms with Gasteiger partial charge in [-0.15, -0.1) is 10.2 Å². The van der Waals surface area contributed by atoms with Gasteiger partial charge in [-0.05, 0) is 31.4 Å². The van der Waals surface area contributed by atoms with Crippen LogP contribution in [0, 0.1) is 0 Å². The molecule has 0 saturated carbocycles. The van der Waals surface area contributed by atoms with Crippen LogP contribution >= 0.6 is 11.3 Å². The van der Waals surface area contributed by atoms with Crippen molar-refractivity contribution in [1.82, 2.24) is 25.1 Å². The zero-order valence-corrected chi connectivity index (χ0v) is 16.3. The summed E-state index contributed by atoms with van der Waals surface area (Å²) in [4.78, 5) is 22.6. The van der Waals surface area contributed by atoms with E-state index in [9.17, 15) is 4.79 Å². The summed E-state index contributed by atoms with van der Waals surface area (Å²) >= 11 is 1.47. The SMILES string of the molecule is CCCCc1nnc(NC(=O)N2CCCC(c3nc4ccccc4[nH]3)C2)s1. The third-order valence-electron chi connectivity index (χ3n) is 4.93. The van der Waals surface area contributed by atoms with Crippen molar-refractivity contribution in [2.75, 3.05) is 18.4 Å². The number of carbonyl (C=O) groups excluding carboxylic acids is 1. The molecule has 2 N–H and O–H groups in total. The molecule has 0 spiro atoms. The minimum absolute atomic E-state index is 0.103. The van der Waals surface area contributed by atoms with Crippen molar-refractivity contribution in [3.05, 3.63) is 35.1 Å². The van der Waals surface area contributed by atoms with Crippen LogP contribution in [0.2, 0.25) is 0 Å². The number of anilines is 1. The second kappa shape index (κ2) is 8.04. The molecule has 2 aromatic heterocycles. The Morgan fingerprint density at radius 2 is 2.26 bits per heavy atom. The molecule has 1 fully saturated rings. The van der Waals surface area contributed by atoms with Gasteiger partial charge in [0.25, 0.3) is 0 Å². The second-order valence-corrected chi connectivity index (χ2v) is 8.02. The molecule has 0 aliphatic carbocycles. The summed E-state index contributed by atoms with van der Waals surface area (Å²) in [6.45, 7) is 3.57. The van der Waals surface area contributed by atoms with Crippen LogP contribution in [-0.2, 0) is 6.42 Å². The number of imidazole rings is 1. The lowest BCUT2D eigenvalue weighted by Gasteiger charge is -2.31. The predicted octanol–water partition coefficient (Wildman–Crippen LogP) is 4.17. The molecule has 142 valence electrons. The summed E-state index contributed by atoms with van der Waals surface area (Å²) < 4.78 is 0. The molecule has 2 amide bonds. The number of unbranched alkanes of at least 4 members (excludes halogenated alkanes) is 1. The molecule has 1 aromatic carbocycles. The van der Waals surface area contributed by atoms with Gasteiger partial charge in [-0.25, -0.2) is 9.78 Å². The van der Waals surface area contributed by atoms with Gasteiger partial charge in [0.05, 0.1) is 11.0 Å². The third kappa shape index (κ3) is 4.10. The number of hydrogen-bond donors (Lipinski definition) is 2. The summed E-state index contributed by atoms with van der Waals surface area (Å²) in [6, 6.07) is 7.93. The molecule has 3 heterocycles. The highest BCUT2D eigenvalue weighted by atomic mass is 32.1. The Hall–Kier alpha value is -2.48. The van der Waals surface area contributed by atoms with Gasteiger partial charge in [-0.3, -0.25) is 5.32 Å². The number of nitrogens with one attached hydrogen (secondary N) is 2. The maximum atomic E-state index is 12.7. The predicted molar refractivity (Wildman–Crippen MR) is 107 cm³/mol. The molecule has 3 aromatic rings. The number of hydrogen-bond acceptors (Lipinski definition) is 5. The van der Waals surface area contributed by atoms with E-state index >= 15 is 0 Å². The van der Waals surface area contributed by atoms with Gasteiger partial charge < -0.3 is 9.88 Å². The molecule has 1 atom stereocenters. The maximum Gasteiger partial charge on any atom is 0.323 e. The topological polar surface area (TPSA) is 86.8 Å². The van der Waals surface area contributed by atoms with E-state index in [1.54, 1.807) is 0 Å². The number of amides is 2. The van der Waals surface area contributed by atoms with Crippen molar-refractivity contribution in [3.8, 4) is 0 Å². The number of likely N-dealkylation sites (tertiary alicyclic amines) is 1. The average Bonchev–Trinajstić information content (AvgIpc) is 3.33. The molecule has 0 bridgehead atoms. The monoisotopic (exact) mass is 384 g/mol. The number of piperidine rings is 1. The highest BCUT2D eigenvalue weighted by Gasteiger charge is 2.27. The lowest BCUT2D eigenvalue weighted by Crippen LogP contribution is -2.41. The van der Waals surface area contributed by atoms with Crippen LogP contribution in [-0.4, -0.2) is 44.2 Å². The maximum absolute atomic E-state index is 12.7. The van der Waals surface area contributed by atoms with E-state index < -0.39 is 0 Å². The molecule has 1 saturated heterocycles. The van der Waals surface area contributed by atoms with Crippen LogP contribution in [0.5, 0.6) is 0 Å². The number of H-pyrrole nitrogens is 1. The summed E-state index contributed by atoms with van der Waals surface area (Å²) in [5, 5.41) is 12.7. The first-order chi connectivity index (χ1) is 13.2. The zero-order chi connectivity index (χ0) is 18.6. The van der Waals surface area contributed by atoms with Crippen LogP contribution in [0.3, 0.4) is 0 Å². The first-order valence-corrected chi connectivity index (χ1v) is 10.4. The largest absolute Gasteiger partial charge is 0.342 e. The van der Waals surface area contributed by atoms with E-state index in [2.05, 4.69) is 27.4 Å². The number of aryl methyl sites for hydroxylation is 1. The van der Waals surface area contributed by atoms with Gasteiger partial charge in [-0.2, -0.15) is 0 Å². The average molecular weight is 385 g/mol. The summed E-state index contributed by atoms with van der Waals surface area (Å²) in [6.07, 6.45) is 5.13. The fourth-order valence-corrected chi connectivity index (χ4v) is 4.23. The molecule has 27 heavy (non-hydrogen) atoms. The molecule has 1 aliphatic rings. The number of aromatic nitrogens is 4. The third-order valence-corrected chi connectivity index (χ3v) is 5.83. The van der Waals surface area contributed by atoms with Gasteiger partial charge in [0.2, 0.25) is 5.13 Å². The van der Waals surface area contributed by atoms with E-state index in [1.807, 2.05) is 29.2 Å². The van der Waals surface area contributed by atoms with Gasteiger partial charge in [0.1, 0.15) is 10.8 Å². The van der Waals surface area contributed by atoms with Crippen molar-refractivity contribution in [2.24, 2.45) is 0 Å². The summed E-state index contributed by atoms with van der Waals surface area (Å²) in [5.74, 6) is 1.19. The van der Waals surface area contributed by atoms with E-state index in [0.717, 1.165) is 60.5 Å². The molecule has 7 nitrogen and oxygen atoms in total. The number of urea groups is 1. The minimum Gasteiger partial charge on any atom is -0.342 e. The molecule has 4 rings (SSSR count). The fraction of sp³-hybridized carbons (Fsp3) is 0.474. The molecule has 1 unspecified atom stereocenters. The van der Waals surface area contributed by atoms with Gasteiger partial charge in [-0.1, -0.05) is 36.8 Å². The zero-order valence-electron chi connectivity index (χ0n) is 15.4. The lowest BCUT2D eigenvalue weighted by molar-refractivity contribution is 0.191.